The summed E-state index contributed by atoms with van der Waals surface area (Å²) in [6.07, 6.45) is 7.88. The highest BCUT2D eigenvalue weighted by Gasteiger charge is 2.26. The van der Waals surface area contributed by atoms with Gasteiger partial charge in [-0.25, -0.2) is 4.79 Å². The summed E-state index contributed by atoms with van der Waals surface area (Å²) in [6.45, 7) is 9.04. The van der Waals surface area contributed by atoms with Crippen molar-refractivity contribution in [2.24, 2.45) is 5.41 Å². The molecule has 2 heteroatoms. The van der Waals surface area contributed by atoms with Crippen LogP contribution in [0.25, 0.3) is 6.08 Å². The van der Waals surface area contributed by atoms with Gasteiger partial charge in [0.2, 0.25) is 0 Å². The Morgan fingerprint density at radius 1 is 1.27 bits per heavy atom. The van der Waals surface area contributed by atoms with Crippen LogP contribution in [0.15, 0.2) is 41.5 Å². The first kappa shape index (κ1) is 16.5. The van der Waals surface area contributed by atoms with Gasteiger partial charge in [0.05, 0.1) is 12.2 Å². The highest BCUT2D eigenvalue weighted by molar-refractivity contribution is 5.93. The first-order valence-corrected chi connectivity index (χ1v) is 8.10. The Hall–Kier alpha value is -1.83. The van der Waals surface area contributed by atoms with Crippen molar-refractivity contribution in [3.05, 3.63) is 52.6 Å². The van der Waals surface area contributed by atoms with Crippen LogP contribution in [-0.2, 0) is 4.74 Å². The lowest BCUT2D eigenvalue weighted by Gasteiger charge is -2.33. The normalized spacial score (nSPS) is 17.8. The average Bonchev–Trinajstić information content (AvgIpc) is 2.46. The first-order valence-electron chi connectivity index (χ1n) is 8.10. The predicted octanol–water partition coefficient (Wildman–Crippen LogP) is 5.40. The maximum Gasteiger partial charge on any atom is 0.338 e. The molecule has 0 aromatic heterocycles. The quantitative estimate of drug-likeness (QED) is 0.695. The molecule has 0 saturated carbocycles. The van der Waals surface area contributed by atoms with Gasteiger partial charge >= 0.3 is 5.97 Å². The molecule has 0 heterocycles. The van der Waals surface area contributed by atoms with E-state index in [1.165, 1.54) is 30.4 Å². The van der Waals surface area contributed by atoms with Crippen LogP contribution in [0.2, 0.25) is 0 Å². The van der Waals surface area contributed by atoms with Crippen molar-refractivity contribution in [3.8, 4) is 0 Å². The van der Waals surface area contributed by atoms with Crippen LogP contribution in [0.4, 0.5) is 0 Å². The van der Waals surface area contributed by atoms with Gasteiger partial charge in [-0.05, 0) is 55.7 Å². The van der Waals surface area contributed by atoms with E-state index in [4.69, 9.17) is 4.74 Å². The summed E-state index contributed by atoms with van der Waals surface area (Å²) < 4.78 is 5.14. The van der Waals surface area contributed by atoms with E-state index in [1.54, 1.807) is 0 Å². The van der Waals surface area contributed by atoms with E-state index >= 15 is 0 Å². The van der Waals surface area contributed by atoms with Gasteiger partial charge in [0, 0.05) is 0 Å². The number of ether oxygens (including phenoxy) is 1. The van der Waals surface area contributed by atoms with Crippen molar-refractivity contribution in [1.82, 2.24) is 0 Å². The maximum absolute atomic E-state index is 12.0. The third-order valence-corrected chi connectivity index (χ3v) is 4.43. The van der Waals surface area contributed by atoms with Gasteiger partial charge in [0.1, 0.15) is 0 Å². The minimum Gasteiger partial charge on any atom is -0.462 e. The van der Waals surface area contributed by atoms with E-state index in [2.05, 4.69) is 32.9 Å². The molecule has 0 N–H and O–H groups in total. The fourth-order valence-corrected chi connectivity index (χ4v) is 3.22. The highest BCUT2D eigenvalue weighted by atomic mass is 16.5. The number of benzene rings is 1. The molecule has 1 aromatic rings. The largest absolute Gasteiger partial charge is 0.462 e. The first-order chi connectivity index (χ1) is 10.5. The number of hydrogen-bond donors (Lipinski definition) is 0. The van der Waals surface area contributed by atoms with E-state index in [9.17, 15) is 4.79 Å². The molecule has 0 bridgehead atoms. The molecule has 118 valence electrons. The minimum absolute atomic E-state index is 0.206. The molecule has 0 fully saturated rings. The molecule has 1 aromatic carbocycles. The fourth-order valence-electron chi connectivity index (χ4n) is 3.22. The van der Waals surface area contributed by atoms with Crippen molar-refractivity contribution in [1.29, 1.82) is 0 Å². The Labute approximate surface area is 133 Å². The molecule has 0 radical (unpaired) electrons. The standard InChI is InChI=1S/C20H26O2/c1-5-22-19(21)17-11-7-6-10-16(17)12-13-18-15(2)9-8-14-20(18,3)4/h6-7,10-13H,5,8-9,14H2,1-4H3/b13-12+. The molecule has 0 saturated heterocycles. The zero-order chi connectivity index (χ0) is 16.2. The molecule has 1 aliphatic rings. The zero-order valence-electron chi connectivity index (χ0n) is 14.1. The number of rotatable bonds is 4. The summed E-state index contributed by atoms with van der Waals surface area (Å²) in [6, 6.07) is 7.62. The summed E-state index contributed by atoms with van der Waals surface area (Å²) in [5.74, 6) is -0.253. The van der Waals surface area contributed by atoms with E-state index in [-0.39, 0.29) is 11.4 Å². The Balaban J connectivity index is 2.33. The second kappa shape index (κ2) is 6.95. The third kappa shape index (κ3) is 3.68. The summed E-state index contributed by atoms with van der Waals surface area (Å²) in [5, 5.41) is 0. The van der Waals surface area contributed by atoms with Crippen molar-refractivity contribution in [3.63, 3.8) is 0 Å². The Kier molecular flexibility index (Phi) is 5.23. The number of carbonyl (C=O) groups is 1. The predicted molar refractivity (Wildman–Crippen MR) is 91.8 cm³/mol. The second-order valence-electron chi connectivity index (χ2n) is 6.57. The number of carbonyl (C=O) groups excluding carboxylic acids is 1. The lowest BCUT2D eigenvalue weighted by molar-refractivity contribution is 0.0526. The van der Waals surface area contributed by atoms with Gasteiger partial charge < -0.3 is 4.74 Å². The second-order valence-corrected chi connectivity index (χ2v) is 6.57. The number of allylic oxidation sites excluding steroid dienone is 3. The smallest absolute Gasteiger partial charge is 0.338 e. The molecule has 0 spiro atoms. The molecule has 22 heavy (non-hydrogen) atoms. The molecule has 0 atom stereocenters. The van der Waals surface area contributed by atoms with E-state index in [1.807, 2.05) is 31.2 Å². The van der Waals surface area contributed by atoms with Crippen LogP contribution in [0.1, 0.15) is 62.9 Å². The van der Waals surface area contributed by atoms with Gasteiger partial charge in [-0.3, -0.25) is 0 Å². The molecule has 2 rings (SSSR count). The van der Waals surface area contributed by atoms with Crippen molar-refractivity contribution in [2.45, 2.75) is 47.0 Å². The van der Waals surface area contributed by atoms with E-state index in [0.29, 0.717) is 12.2 Å². The van der Waals surface area contributed by atoms with Crippen LogP contribution in [0, 0.1) is 5.41 Å². The van der Waals surface area contributed by atoms with Gasteiger partial charge in [-0.2, -0.15) is 0 Å². The van der Waals surface area contributed by atoms with Gasteiger partial charge in [-0.15, -0.1) is 0 Å². The molecule has 0 unspecified atom stereocenters. The minimum atomic E-state index is -0.253. The number of hydrogen-bond acceptors (Lipinski definition) is 2. The summed E-state index contributed by atoms with van der Waals surface area (Å²) in [7, 11) is 0. The lowest BCUT2D eigenvalue weighted by atomic mass is 9.72. The summed E-state index contributed by atoms with van der Waals surface area (Å²) >= 11 is 0. The number of esters is 1. The van der Waals surface area contributed by atoms with Gasteiger partial charge in [0.25, 0.3) is 0 Å². The highest BCUT2D eigenvalue weighted by Crippen LogP contribution is 2.41. The van der Waals surface area contributed by atoms with Crippen LogP contribution in [-0.4, -0.2) is 12.6 Å². The SMILES string of the molecule is CCOC(=O)c1ccccc1/C=C/C1=C(C)CCCC1(C)C. The van der Waals surface area contributed by atoms with Crippen LogP contribution in [0.5, 0.6) is 0 Å². The summed E-state index contributed by atoms with van der Waals surface area (Å²) in [4.78, 5) is 12.0. The Bertz CT molecular complexity index is 606. The monoisotopic (exact) mass is 298 g/mol. The van der Waals surface area contributed by atoms with Gasteiger partial charge in [-0.1, -0.05) is 49.8 Å². The molecular weight excluding hydrogens is 272 g/mol. The topological polar surface area (TPSA) is 26.3 Å². The van der Waals surface area contributed by atoms with Crippen LogP contribution in [0.3, 0.4) is 0 Å². The van der Waals surface area contributed by atoms with E-state index < -0.39 is 0 Å². The van der Waals surface area contributed by atoms with Crippen molar-refractivity contribution >= 4 is 12.0 Å². The van der Waals surface area contributed by atoms with Gasteiger partial charge in [0.15, 0.2) is 0 Å². The zero-order valence-corrected chi connectivity index (χ0v) is 14.1. The molecular formula is C20H26O2. The van der Waals surface area contributed by atoms with Crippen LogP contribution < -0.4 is 0 Å². The average molecular weight is 298 g/mol. The molecule has 2 nitrogen and oxygen atoms in total. The Morgan fingerprint density at radius 3 is 2.68 bits per heavy atom. The van der Waals surface area contributed by atoms with E-state index in [0.717, 1.165) is 5.56 Å². The van der Waals surface area contributed by atoms with Crippen LogP contribution >= 0.6 is 0 Å². The maximum atomic E-state index is 12.0. The van der Waals surface area contributed by atoms with Crippen molar-refractivity contribution < 1.29 is 9.53 Å². The molecule has 0 aliphatic heterocycles. The molecule has 1 aliphatic carbocycles. The fraction of sp³-hybridized carbons (Fsp3) is 0.450. The third-order valence-electron chi connectivity index (χ3n) is 4.43. The lowest BCUT2D eigenvalue weighted by Crippen LogP contribution is -2.19. The van der Waals surface area contributed by atoms with Crippen molar-refractivity contribution in [2.75, 3.05) is 6.61 Å². The Morgan fingerprint density at radius 2 is 2.00 bits per heavy atom. The molecule has 0 amide bonds. The summed E-state index contributed by atoms with van der Waals surface area (Å²) in [5.41, 5.74) is 4.62.